The highest BCUT2D eigenvalue weighted by atomic mass is 35.5. The summed E-state index contributed by atoms with van der Waals surface area (Å²) in [6.45, 7) is 4.58. The first-order valence-electron chi connectivity index (χ1n) is 20.3. The lowest BCUT2D eigenvalue weighted by Crippen LogP contribution is -2.54. The second kappa shape index (κ2) is 15.8. The average Bonchev–Trinajstić information content (AvgIpc) is 3.89. The van der Waals surface area contributed by atoms with Gasteiger partial charge in [-0.1, -0.05) is 11.6 Å². The van der Waals surface area contributed by atoms with Gasteiger partial charge in [0.2, 0.25) is 11.8 Å². The summed E-state index contributed by atoms with van der Waals surface area (Å²) in [5.74, 6) is -1.24. The lowest BCUT2D eigenvalue weighted by atomic mass is 9.93. The fraction of sp³-hybridized carbons (Fsp3) is 0.476. The SMILES string of the molecule is N#Cc1ccc(OC2CCC(NC(=O)c3cnc(N4CCN(C5CC6CN(c7cc8c(cc7F)C(=O)N(C7CCC(=O)NC7=O)C8=O)C[C@H]6C5)CC4)cn3)CC2)cc1Cl. The van der Waals surface area contributed by atoms with E-state index in [1.165, 1.54) is 12.3 Å². The third-order valence-corrected chi connectivity index (χ3v) is 13.3. The monoisotopic (exact) mass is 823 g/mol. The molecule has 9 rings (SSSR count). The van der Waals surface area contributed by atoms with Gasteiger partial charge in [0.1, 0.15) is 35.2 Å². The number of imide groups is 2. The molecule has 2 saturated carbocycles. The van der Waals surface area contributed by atoms with Crippen LogP contribution in [-0.4, -0.2) is 113 Å². The van der Waals surface area contributed by atoms with Gasteiger partial charge in [0.15, 0.2) is 0 Å². The van der Waals surface area contributed by atoms with Crippen molar-refractivity contribution in [2.75, 3.05) is 49.1 Å². The van der Waals surface area contributed by atoms with Crippen molar-refractivity contribution in [3.8, 4) is 11.8 Å². The van der Waals surface area contributed by atoms with Crippen LogP contribution in [0.4, 0.5) is 15.9 Å². The van der Waals surface area contributed by atoms with E-state index in [1.807, 2.05) is 11.0 Å². The topological polar surface area (TPSA) is 181 Å². The normalized spacial score (nSPS) is 27.0. The highest BCUT2D eigenvalue weighted by molar-refractivity contribution is 6.31. The molecule has 17 heteroatoms. The number of anilines is 2. The number of hydrogen-bond acceptors (Lipinski definition) is 12. The van der Waals surface area contributed by atoms with Crippen molar-refractivity contribution in [2.24, 2.45) is 11.8 Å². The number of nitrogens with zero attached hydrogens (tertiary/aromatic N) is 7. The molecule has 59 heavy (non-hydrogen) atoms. The van der Waals surface area contributed by atoms with Crippen LogP contribution in [0.2, 0.25) is 5.02 Å². The van der Waals surface area contributed by atoms with E-state index in [4.69, 9.17) is 21.6 Å². The van der Waals surface area contributed by atoms with Crippen LogP contribution in [0.15, 0.2) is 42.7 Å². The van der Waals surface area contributed by atoms with Gasteiger partial charge in [0.25, 0.3) is 17.7 Å². The highest BCUT2D eigenvalue weighted by Gasteiger charge is 2.47. The van der Waals surface area contributed by atoms with Gasteiger partial charge in [-0.3, -0.25) is 39.1 Å². The van der Waals surface area contributed by atoms with Gasteiger partial charge in [-0.2, -0.15) is 5.26 Å². The zero-order valence-electron chi connectivity index (χ0n) is 32.2. The maximum atomic E-state index is 15.6. The fourth-order valence-corrected chi connectivity index (χ4v) is 10.1. The minimum Gasteiger partial charge on any atom is -0.490 e. The zero-order chi connectivity index (χ0) is 40.9. The van der Waals surface area contributed by atoms with Gasteiger partial charge in [-0.05, 0) is 81.0 Å². The maximum absolute atomic E-state index is 15.6. The molecule has 3 saturated heterocycles. The van der Waals surface area contributed by atoms with Gasteiger partial charge in [-0.15, -0.1) is 0 Å². The van der Waals surface area contributed by atoms with Crippen molar-refractivity contribution in [1.82, 2.24) is 30.4 Å². The van der Waals surface area contributed by atoms with Crippen LogP contribution in [0.3, 0.4) is 0 Å². The van der Waals surface area contributed by atoms with Crippen LogP contribution in [0.25, 0.3) is 0 Å². The Bertz CT molecular complexity index is 2240. The summed E-state index contributed by atoms with van der Waals surface area (Å²) < 4.78 is 21.6. The smallest absolute Gasteiger partial charge is 0.271 e. The molecule has 5 heterocycles. The lowest BCUT2D eigenvalue weighted by Gasteiger charge is -2.39. The van der Waals surface area contributed by atoms with Crippen molar-refractivity contribution in [1.29, 1.82) is 5.26 Å². The summed E-state index contributed by atoms with van der Waals surface area (Å²) in [4.78, 5) is 80.3. The largest absolute Gasteiger partial charge is 0.490 e. The molecule has 2 N–H and O–H groups in total. The molecule has 15 nitrogen and oxygen atoms in total. The predicted molar refractivity (Wildman–Crippen MR) is 211 cm³/mol. The van der Waals surface area contributed by atoms with Crippen LogP contribution in [0.1, 0.15) is 88.1 Å². The third kappa shape index (κ3) is 7.57. The minimum atomic E-state index is -1.10. The van der Waals surface area contributed by atoms with Gasteiger partial charge < -0.3 is 19.9 Å². The van der Waals surface area contributed by atoms with Crippen LogP contribution in [0.5, 0.6) is 5.75 Å². The Labute approximate surface area is 344 Å². The first kappa shape index (κ1) is 38.8. The number of fused-ring (bicyclic) bond motifs is 2. The predicted octanol–water partition coefficient (Wildman–Crippen LogP) is 3.70. The van der Waals surface area contributed by atoms with Crippen molar-refractivity contribution in [3.05, 3.63) is 75.9 Å². The number of halogens is 2. The molecular weight excluding hydrogens is 781 g/mol. The maximum Gasteiger partial charge on any atom is 0.271 e. The Morgan fingerprint density at radius 1 is 0.898 bits per heavy atom. The van der Waals surface area contributed by atoms with E-state index >= 15 is 4.39 Å². The van der Waals surface area contributed by atoms with Gasteiger partial charge >= 0.3 is 0 Å². The Hall–Kier alpha value is -5.66. The van der Waals surface area contributed by atoms with Crippen molar-refractivity contribution < 1.29 is 33.1 Å². The Kier molecular flexibility index (Phi) is 10.4. The number of rotatable bonds is 8. The van der Waals surface area contributed by atoms with Gasteiger partial charge in [0, 0.05) is 63.8 Å². The van der Waals surface area contributed by atoms with E-state index in [0.29, 0.717) is 53.0 Å². The van der Waals surface area contributed by atoms with Crippen LogP contribution < -0.4 is 25.2 Å². The molecule has 5 amide bonds. The first-order valence-corrected chi connectivity index (χ1v) is 20.7. The average molecular weight is 824 g/mol. The number of nitriles is 1. The highest BCUT2D eigenvalue weighted by Crippen LogP contribution is 2.43. The number of piperidine rings is 1. The van der Waals surface area contributed by atoms with E-state index in [0.717, 1.165) is 81.5 Å². The van der Waals surface area contributed by atoms with Gasteiger partial charge in [-0.25, -0.2) is 14.4 Å². The number of amides is 5. The van der Waals surface area contributed by atoms with E-state index in [2.05, 4.69) is 30.4 Å². The zero-order valence-corrected chi connectivity index (χ0v) is 33.0. The number of benzene rings is 2. The molecule has 2 aromatic carbocycles. The Morgan fingerprint density at radius 3 is 2.25 bits per heavy atom. The summed E-state index contributed by atoms with van der Waals surface area (Å²) in [5, 5.41) is 14.7. The molecule has 4 aliphatic heterocycles. The molecule has 4 atom stereocenters. The summed E-state index contributed by atoms with van der Waals surface area (Å²) in [5.41, 5.74) is 1.00. The molecule has 0 spiro atoms. The second-order valence-corrected chi connectivity index (χ2v) is 16.9. The van der Waals surface area contributed by atoms with Crippen molar-refractivity contribution in [2.45, 2.75) is 75.6 Å². The summed E-state index contributed by atoms with van der Waals surface area (Å²) in [6, 6.07) is 9.00. The molecule has 3 aromatic rings. The number of hydrogen-bond donors (Lipinski definition) is 2. The molecule has 306 valence electrons. The van der Waals surface area contributed by atoms with E-state index in [1.54, 1.807) is 24.4 Å². The number of piperazine rings is 1. The lowest BCUT2D eigenvalue weighted by molar-refractivity contribution is -0.136. The third-order valence-electron chi connectivity index (χ3n) is 13.0. The molecule has 0 bridgehead atoms. The number of aromatic nitrogens is 2. The van der Waals surface area contributed by atoms with E-state index in [-0.39, 0.29) is 47.7 Å². The van der Waals surface area contributed by atoms with E-state index < -0.39 is 35.5 Å². The molecule has 5 fully saturated rings. The van der Waals surface area contributed by atoms with Crippen LogP contribution in [-0.2, 0) is 9.59 Å². The first-order chi connectivity index (χ1) is 28.5. The molecule has 2 aliphatic carbocycles. The minimum absolute atomic E-state index is 0.00508. The van der Waals surface area contributed by atoms with Crippen LogP contribution >= 0.6 is 11.6 Å². The number of carbonyl (C=O) groups excluding carboxylic acids is 5. The molecule has 3 unspecified atom stereocenters. The number of carbonyl (C=O) groups is 5. The van der Waals surface area contributed by atoms with E-state index in [9.17, 15) is 24.0 Å². The standard InChI is InChI=1S/C42H43ClFN9O6/c43-32-15-29(4-1-23(32)18-45)59-28-5-2-26(3-6-28)48-39(55)34-19-47-37(20-46-34)51-11-9-50(10-12-51)27-13-24-21-52(22-25(24)14-27)36-17-31-30(16-33(36)44)41(57)53(42(31)58)35-7-8-38(54)49-40(35)56/h1,4,15-17,19-20,24-28,35H,2-3,5-14,21-22H2,(H,48,55)(H,49,54,56)/t24-,25?,26?,27?,28?,35?/m1/s1. The molecule has 0 radical (unpaired) electrons. The van der Waals surface area contributed by atoms with Crippen LogP contribution in [0, 0.1) is 29.0 Å². The summed E-state index contributed by atoms with van der Waals surface area (Å²) in [6.07, 6.45) is 8.33. The van der Waals surface area contributed by atoms with Gasteiger partial charge in [0.05, 0.1) is 45.9 Å². The number of ether oxygens (including phenoxy) is 1. The quantitative estimate of drug-likeness (QED) is 0.315. The second-order valence-electron chi connectivity index (χ2n) is 16.4. The molecule has 6 aliphatic rings. The van der Waals surface area contributed by atoms with Crippen molar-refractivity contribution in [3.63, 3.8) is 0 Å². The number of nitrogens with one attached hydrogen (secondary N) is 2. The Balaban J connectivity index is 0.727. The molecule has 1 aromatic heterocycles. The Morgan fingerprint density at radius 2 is 1.61 bits per heavy atom. The molecular formula is C42H43ClFN9O6. The fourth-order valence-electron chi connectivity index (χ4n) is 9.84. The van der Waals surface area contributed by atoms with Crippen molar-refractivity contribution >= 4 is 52.6 Å². The summed E-state index contributed by atoms with van der Waals surface area (Å²) in [7, 11) is 0. The summed E-state index contributed by atoms with van der Waals surface area (Å²) >= 11 is 6.14.